The number of nitrogens with zero attached hydrogens (tertiary/aromatic N) is 2. The zero-order chi connectivity index (χ0) is 21.1. The lowest BCUT2D eigenvalue weighted by Gasteiger charge is -2.41. The number of anilines is 1. The number of piperidine rings is 1. The molecule has 0 atom stereocenters. The molecule has 0 saturated carbocycles. The molecule has 162 valence electrons. The molecular weight excluding hydrogens is 420 g/mol. The van der Waals surface area contributed by atoms with Gasteiger partial charge in [-0.1, -0.05) is 43.1 Å². The van der Waals surface area contributed by atoms with E-state index in [1.54, 1.807) is 16.4 Å². The van der Waals surface area contributed by atoms with Crippen molar-refractivity contribution in [2.45, 2.75) is 56.6 Å². The highest BCUT2D eigenvalue weighted by Crippen LogP contribution is 2.35. The second-order valence-corrected chi connectivity index (χ2v) is 10.4. The Morgan fingerprint density at radius 2 is 1.83 bits per heavy atom. The van der Waals surface area contributed by atoms with Crippen LogP contribution in [0.15, 0.2) is 47.4 Å². The van der Waals surface area contributed by atoms with Gasteiger partial charge < -0.3 is 9.64 Å². The fraction of sp³-hybridized carbons (Fsp3) is 0.478. The number of fused-ring (bicyclic) bond motifs is 1. The summed E-state index contributed by atoms with van der Waals surface area (Å²) in [6.07, 6.45) is 4.78. The van der Waals surface area contributed by atoms with E-state index in [1.807, 2.05) is 24.3 Å². The highest BCUT2D eigenvalue weighted by Gasteiger charge is 2.33. The van der Waals surface area contributed by atoms with Gasteiger partial charge in [-0.05, 0) is 55.5 Å². The van der Waals surface area contributed by atoms with E-state index in [0.717, 1.165) is 48.4 Å². The van der Waals surface area contributed by atoms with Crippen molar-refractivity contribution < 1.29 is 13.2 Å². The SMILES string of the molecule is CCCCc1ccc(S(=O)(=O)N2CCC(N3COCc4c(Cl)cccc43)CC2)cc1. The average molecular weight is 449 g/mol. The van der Waals surface area contributed by atoms with Crippen LogP contribution < -0.4 is 4.90 Å². The topological polar surface area (TPSA) is 49.9 Å². The van der Waals surface area contributed by atoms with Crippen LogP contribution in [0.5, 0.6) is 0 Å². The number of benzene rings is 2. The molecule has 2 aliphatic rings. The molecule has 7 heteroatoms. The van der Waals surface area contributed by atoms with Gasteiger partial charge in [-0.25, -0.2) is 8.42 Å². The van der Waals surface area contributed by atoms with E-state index < -0.39 is 10.0 Å². The molecule has 30 heavy (non-hydrogen) atoms. The minimum absolute atomic E-state index is 0.241. The van der Waals surface area contributed by atoms with Crippen LogP contribution in [0.1, 0.15) is 43.7 Å². The Bertz CT molecular complexity index is 970. The third-order valence-electron chi connectivity index (χ3n) is 6.12. The lowest BCUT2D eigenvalue weighted by atomic mass is 10.0. The molecule has 0 amide bonds. The van der Waals surface area contributed by atoms with Crippen LogP contribution >= 0.6 is 11.6 Å². The Labute approximate surface area is 184 Å². The van der Waals surface area contributed by atoms with Crippen molar-refractivity contribution >= 4 is 27.3 Å². The summed E-state index contributed by atoms with van der Waals surface area (Å²) >= 11 is 6.34. The smallest absolute Gasteiger partial charge is 0.243 e. The van der Waals surface area contributed by atoms with Crippen molar-refractivity contribution in [1.29, 1.82) is 0 Å². The zero-order valence-electron chi connectivity index (χ0n) is 17.4. The molecule has 0 N–H and O–H groups in total. The van der Waals surface area contributed by atoms with Crippen LogP contribution in [0.2, 0.25) is 5.02 Å². The van der Waals surface area contributed by atoms with Crippen molar-refractivity contribution in [1.82, 2.24) is 4.31 Å². The van der Waals surface area contributed by atoms with Crippen LogP contribution in [0.25, 0.3) is 0 Å². The Morgan fingerprint density at radius 1 is 1.10 bits per heavy atom. The standard InChI is InChI=1S/C23H29ClN2O3S/c1-2-3-5-18-8-10-20(11-9-18)30(27,28)25-14-12-19(13-15-25)26-17-29-16-21-22(24)6-4-7-23(21)26/h4,6-11,19H,2-3,5,12-17H2,1H3. The Kier molecular flexibility index (Phi) is 6.68. The molecule has 1 saturated heterocycles. The maximum atomic E-state index is 13.1. The van der Waals surface area contributed by atoms with Crippen LogP contribution in [-0.2, 0) is 27.8 Å². The van der Waals surface area contributed by atoms with Gasteiger partial charge in [0, 0.05) is 35.4 Å². The Balaban J connectivity index is 1.43. The predicted molar refractivity (Wildman–Crippen MR) is 120 cm³/mol. The van der Waals surface area contributed by atoms with E-state index >= 15 is 0 Å². The number of hydrogen-bond acceptors (Lipinski definition) is 4. The van der Waals surface area contributed by atoms with E-state index in [2.05, 4.69) is 17.9 Å². The first-order chi connectivity index (χ1) is 14.5. The molecule has 0 unspecified atom stereocenters. The maximum absolute atomic E-state index is 13.1. The first-order valence-corrected chi connectivity index (χ1v) is 12.5. The molecule has 0 aromatic heterocycles. The zero-order valence-corrected chi connectivity index (χ0v) is 19.0. The monoisotopic (exact) mass is 448 g/mol. The lowest BCUT2D eigenvalue weighted by Crippen LogP contribution is -2.48. The number of aryl methyl sites for hydroxylation is 1. The third-order valence-corrected chi connectivity index (χ3v) is 8.39. The largest absolute Gasteiger partial charge is 0.356 e. The summed E-state index contributed by atoms with van der Waals surface area (Å²) in [5.74, 6) is 0. The number of rotatable bonds is 6. The maximum Gasteiger partial charge on any atom is 0.243 e. The molecule has 0 aliphatic carbocycles. The molecule has 1 fully saturated rings. The number of unbranched alkanes of at least 4 members (excludes halogenated alkanes) is 1. The van der Waals surface area contributed by atoms with Crippen LogP contribution in [-0.4, -0.2) is 38.6 Å². The quantitative estimate of drug-likeness (QED) is 0.635. The van der Waals surface area contributed by atoms with E-state index in [9.17, 15) is 8.42 Å². The summed E-state index contributed by atoms with van der Waals surface area (Å²) in [6.45, 7) is 4.22. The van der Waals surface area contributed by atoms with Gasteiger partial charge in [-0.2, -0.15) is 4.31 Å². The molecule has 4 rings (SSSR count). The molecule has 2 aromatic rings. The predicted octanol–water partition coefficient (Wildman–Crippen LogP) is 4.83. The van der Waals surface area contributed by atoms with Gasteiger partial charge in [0.1, 0.15) is 6.73 Å². The van der Waals surface area contributed by atoms with Crippen LogP contribution in [0.4, 0.5) is 5.69 Å². The molecule has 2 heterocycles. The summed E-state index contributed by atoms with van der Waals surface area (Å²) in [5, 5.41) is 0.722. The molecule has 5 nitrogen and oxygen atoms in total. The minimum atomic E-state index is -3.46. The van der Waals surface area contributed by atoms with Crippen molar-refractivity contribution in [3.63, 3.8) is 0 Å². The van der Waals surface area contributed by atoms with E-state index in [1.165, 1.54) is 5.56 Å². The Hall–Kier alpha value is -1.60. The lowest BCUT2D eigenvalue weighted by molar-refractivity contribution is 0.0988. The summed E-state index contributed by atoms with van der Waals surface area (Å²) in [5.41, 5.74) is 3.32. The minimum Gasteiger partial charge on any atom is -0.356 e. The van der Waals surface area contributed by atoms with Crippen LogP contribution in [0, 0.1) is 0 Å². The number of ether oxygens (including phenoxy) is 1. The summed E-state index contributed by atoms with van der Waals surface area (Å²) in [4.78, 5) is 2.62. The first-order valence-electron chi connectivity index (χ1n) is 10.7. The fourth-order valence-corrected chi connectivity index (χ4v) is 6.02. The average Bonchev–Trinajstić information content (AvgIpc) is 2.78. The third kappa shape index (κ3) is 4.37. The second kappa shape index (κ2) is 9.27. The summed E-state index contributed by atoms with van der Waals surface area (Å²) < 4.78 is 33.6. The Morgan fingerprint density at radius 3 is 2.53 bits per heavy atom. The molecule has 2 aliphatic heterocycles. The highest BCUT2D eigenvalue weighted by atomic mass is 35.5. The summed E-state index contributed by atoms with van der Waals surface area (Å²) in [7, 11) is -3.46. The number of hydrogen-bond donors (Lipinski definition) is 0. The van der Waals surface area contributed by atoms with Gasteiger partial charge in [0.15, 0.2) is 0 Å². The summed E-state index contributed by atoms with van der Waals surface area (Å²) in [6, 6.07) is 13.6. The number of halogens is 1. The van der Waals surface area contributed by atoms with Gasteiger partial charge in [-0.15, -0.1) is 0 Å². The number of sulfonamides is 1. The van der Waals surface area contributed by atoms with Gasteiger partial charge >= 0.3 is 0 Å². The normalized spacial score (nSPS) is 18.4. The van der Waals surface area contributed by atoms with Crippen molar-refractivity contribution in [3.05, 3.63) is 58.6 Å². The molecule has 0 radical (unpaired) electrons. The van der Waals surface area contributed by atoms with E-state index in [-0.39, 0.29) is 6.04 Å². The fourth-order valence-electron chi connectivity index (χ4n) is 4.33. The highest BCUT2D eigenvalue weighted by molar-refractivity contribution is 7.89. The van der Waals surface area contributed by atoms with Gasteiger partial charge in [-0.3, -0.25) is 0 Å². The van der Waals surface area contributed by atoms with Crippen molar-refractivity contribution in [3.8, 4) is 0 Å². The van der Waals surface area contributed by atoms with Crippen molar-refractivity contribution in [2.75, 3.05) is 24.7 Å². The molecule has 0 bridgehead atoms. The van der Waals surface area contributed by atoms with E-state index in [4.69, 9.17) is 16.3 Å². The second-order valence-electron chi connectivity index (χ2n) is 8.07. The molecule has 0 spiro atoms. The van der Waals surface area contributed by atoms with E-state index in [0.29, 0.717) is 31.3 Å². The van der Waals surface area contributed by atoms with Crippen LogP contribution in [0.3, 0.4) is 0 Å². The first kappa shape index (κ1) is 21.6. The van der Waals surface area contributed by atoms with Crippen molar-refractivity contribution in [2.24, 2.45) is 0 Å². The van der Waals surface area contributed by atoms with Gasteiger partial charge in [0.25, 0.3) is 0 Å². The van der Waals surface area contributed by atoms with Gasteiger partial charge in [0.05, 0.1) is 11.5 Å². The molecule has 2 aromatic carbocycles. The van der Waals surface area contributed by atoms with Gasteiger partial charge in [0.2, 0.25) is 10.0 Å². The molecular formula is C23H29ClN2O3S.